The van der Waals surface area contributed by atoms with Gasteiger partial charge in [-0.05, 0) is 54.4 Å². The van der Waals surface area contributed by atoms with Gasteiger partial charge in [0.25, 0.3) is 0 Å². The van der Waals surface area contributed by atoms with Crippen molar-refractivity contribution in [1.82, 2.24) is 0 Å². The van der Waals surface area contributed by atoms with E-state index in [0.29, 0.717) is 16.1 Å². The van der Waals surface area contributed by atoms with E-state index in [1.807, 2.05) is 87.5 Å². The Kier molecular flexibility index (Phi) is 5.44. The number of anilines is 1. The average molecular weight is 526 g/mol. The number of hydrogen-bond donors (Lipinski definition) is 2. The van der Waals surface area contributed by atoms with Crippen LogP contribution in [-0.2, 0) is 4.74 Å². The Morgan fingerprint density at radius 3 is 1.86 bits per heavy atom. The van der Waals surface area contributed by atoms with Crippen LogP contribution in [0.2, 0.25) is 0 Å². The highest BCUT2D eigenvalue weighted by atomic mass is 32.1. The highest BCUT2D eigenvalue weighted by Gasteiger charge is 2.28. The summed E-state index contributed by atoms with van der Waals surface area (Å²) in [6.07, 6.45) is -0.578. The number of carboxylic acids is 1. The molecule has 6 aromatic rings. The van der Waals surface area contributed by atoms with Crippen molar-refractivity contribution < 1.29 is 19.4 Å². The van der Waals surface area contributed by atoms with Gasteiger partial charge in [0.15, 0.2) is 0 Å². The monoisotopic (exact) mass is 525 g/mol. The number of carboxylic acid groups (broad SMARTS) is 1. The lowest BCUT2D eigenvalue weighted by Crippen LogP contribution is -2.27. The summed E-state index contributed by atoms with van der Waals surface area (Å²) in [5.74, 6) is -0.997. The molecule has 37 heavy (non-hydrogen) atoms. The van der Waals surface area contributed by atoms with Gasteiger partial charge in [-0.15, -0.1) is 22.7 Å². The van der Waals surface area contributed by atoms with Crippen molar-refractivity contribution in [3.05, 3.63) is 77.7 Å². The molecule has 0 aliphatic carbocycles. The maximum absolute atomic E-state index is 12.9. The van der Waals surface area contributed by atoms with E-state index in [4.69, 9.17) is 4.74 Å². The van der Waals surface area contributed by atoms with Crippen molar-refractivity contribution >= 4 is 81.5 Å². The smallest absolute Gasteiger partial charge is 0.412 e. The topological polar surface area (TPSA) is 75.6 Å². The molecule has 0 bridgehead atoms. The standard InChI is InChI=1S/C30H23NO4S2/c1-30(2,3)35-29(34)31-27-25(23-19-11-7-5-9-17(19)13-15-21(23)37-27)24-22-18-10-6-4-8-16(18)12-14-20(22)36-26(24)28(32)33/h4-15H,1-3H3,(H,31,34)(H,32,33). The van der Waals surface area contributed by atoms with Crippen LogP contribution in [0.25, 0.3) is 52.8 Å². The van der Waals surface area contributed by atoms with E-state index < -0.39 is 17.7 Å². The number of aromatic carboxylic acids is 1. The maximum atomic E-state index is 12.9. The lowest BCUT2D eigenvalue weighted by atomic mass is 9.94. The number of ether oxygens (including phenoxy) is 1. The third kappa shape index (κ3) is 4.00. The Morgan fingerprint density at radius 1 is 0.757 bits per heavy atom. The first-order chi connectivity index (χ1) is 17.7. The average Bonchev–Trinajstić information content (AvgIpc) is 3.41. The Labute approximate surface area is 220 Å². The summed E-state index contributed by atoms with van der Waals surface area (Å²) in [5, 5.41) is 19.7. The van der Waals surface area contributed by atoms with E-state index in [9.17, 15) is 14.7 Å². The quantitative estimate of drug-likeness (QED) is 0.242. The zero-order valence-corrected chi connectivity index (χ0v) is 22.0. The Morgan fingerprint density at radius 2 is 1.30 bits per heavy atom. The summed E-state index contributed by atoms with van der Waals surface area (Å²) in [4.78, 5) is 25.8. The third-order valence-electron chi connectivity index (χ3n) is 6.22. The second-order valence-electron chi connectivity index (χ2n) is 9.86. The Balaban J connectivity index is 1.76. The zero-order valence-electron chi connectivity index (χ0n) is 20.4. The van der Waals surface area contributed by atoms with Gasteiger partial charge >= 0.3 is 12.1 Å². The zero-order chi connectivity index (χ0) is 25.9. The van der Waals surface area contributed by atoms with Crippen LogP contribution in [0.4, 0.5) is 9.80 Å². The fourth-order valence-electron chi connectivity index (χ4n) is 4.85. The minimum absolute atomic E-state index is 0.242. The number of benzene rings is 4. The highest BCUT2D eigenvalue weighted by Crippen LogP contribution is 2.52. The number of carbonyl (C=O) groups is 2. The molecule has 0 radical (unpaired) electrons. The molecule has 0 aliphatic heterocycles. The molecular weight excluding hydrogens is 502 g/mol. The van der Waals surface area contributed by atoms with Crippen LogP contribution in [0.3, 0.4) is 0 Å². The summed E-state index contributed by atoms with van der Waals surface area (Å²) in [7, 11) is 0. The van der Waals surface area contributed by atoms with Crippen LogP contribution in [0.1, 0.15) is 30.4 Å². The minimum Gasteiger partial charge on any atom is -0.477 e. The summed E-state index contributed by atoms with van der Waals surface area (Å²) >= 11 is 2.68. The molecule has 1 amide bonds. The second kappa shape index (κ2) is 8.57. The third-order valence-corrected chi connectivity index (χ3v) is 8.43. The normalized spacial score (nSPS) is 12.0. The van der Waals surface area contributed by atoms with Crippen molar-refractivity contribution in [3.63, 3.8) is 0 Å². The van der Waals surface area contributed by atoms with E-state index >= 15 is 0 Å². The molecule has 4 aromatic carbocycles. The number of nitrogens with one attached hydrogen (secondary N) is 1. The van der Waals surface area contributed by atoms with E-state index in [1.54, 1.807) is 0 Å². The van der Waals surface area contributed by atoms with Crippen LogP contribution < -0.4 is 5.32 Å². The van der Waals surface area contributed by atoms with Crippen molar-refractivity contribution in [2.45, 2.75) is 26.4 Å². The number of amides is 1. The largest absolute Gasteiger partial charge is 0.477 e. The molecular formula is C30H23NO4S2. The van der Waals surface area contributed by atoms with Crippen LogP contribution in [-0.4, -0.2) is 22.8 Å². The molecule has 2 N–H and O–H groups in total. The lowest BCUT2D eigenvalue weighted by Gasteiger charge is -2.19. The molecule has 2 aromatic heterocycles. The Hall–Kier alpha value is -3.94. The number of hydrogen-bond acceptors (Lipinski definition) is 5. The molecule has 184 valence electrons. The summed E-state index contributed by atoms with van der Waals surface area (Å²) in [6.45, 7) is 5.44. The van der Waals surface area contributed by atoms with Gasteiger partial charge in [-0.3, -0.25) is 5.32 Å². The van der Waals surface area contributed by atoms with Crippen molar-refractivity contribution in [2.24, 2.45) is 0 Å². The molecule has 0 spiro atoms. The number of fused-ring (bicyclic) bond motifs is 6. The van der Waals surface area contributed by atoms with E-state index in [2.05, 4.69) is 11.4 Å². The fourth-order valence-corrected chi connectivity index (χ4v) is 7.02. The van der Waals surface area contributed by atoms with Crippen LogP contribution in [0.5, 0.6) is 0 Å². The highest BCUT2D eigenvalue weighted by molar-refractivity contribution is 7.24. The summed E-state index contributed by atoms with van der Waals surface area (Å²) in [6, 6.07) is 24.1. The van der Waals surface area contributed by atoms with E-state index in [0.717, 1.165) is 41.7 Å². The van der Waals surface area contributed by atoms with Crippen LogP contribution in [0.15, 0.2) is 72.8 Å². The van der Waals surface area contributed by atoms with E-state index in [1.165, 1.54) is 22.7 Å². The molecule has 0 atom stereocenters. The van der Waals surface area contributed by atoms with Gasteiger partial charge in [0, 0.05) is 31.3 Å². The molecule has 0 saturated carbocycles. The van der Waals surface area contributed by atoms with Gasteiger partial charge in [-0.25, -0.2) is 9.59 Å². The van der Waals surface area contributed by atoms with Gasteiger partial charge in [0.05, 0.1) is 0 Å². The Bertz CT molecular complexity index is 1870. The summed E-state index contributed by atoms with van der Waals surface area (Å²) in [5.41, 5.74) is 0.658. The SMILES string of the molecule is CC(C)(C)OC(=O)Nc1sc2ccc3ccccc3c2c1-c1c(C(=O)O)sc2ccc3ccccc3c12. The molecule has 0 aliphatic rings. The number of thiophene rings is 2. The molecule has 2 heterocycles. The molecule has 0 saturated heterocycles. The van der Waals surface area contributed by atoms with E-state index in [-0.39, 0.29) is 4.88 Å². The lowest BCUT2D eigenvalue weighted by molar-refractivity contribution is 0.0635. The second-order valence-corrected chi connectivity index (χ2v) is 12.0. The van der Waals surface area contributed by atoms with Gasteiger partial charge in [0.2, 0.25) is 0 Å². The van der Waals surface area contributed by atoms with Crippen molar-refractivity contribution in [3.8, 4) is 11.1 Å². The predicted molar refractivity (Wildman–Crippen MR) is 154 cm³/mol. The van der Waals surface area contributed by atoms with Crippen molar-refractivity contribution in [1.29, 1.82) is 0 Å². The van der Waals surface area contributed by atoms with Gasteiger partial charge in [-0.2, -0.15) is 0 Å². The minimum atomic E-state index is -0.997. The predicted octanol–water partition coefficient (Wildman–Crippen LogP) is 9.13. The molecule has 7 heteroatoms. The fraction of sp³-hybridized carbons (Fsp3) is 0.133. The maximum Gasteiger partial charge on any atom is 0.412 e. The molecule has 0 fully saturated rings. The first-order valence-corrected chi connectivity index (χ1v) is 13.5. The van der Waals surface area contributed by atoms with Crippen LogP contribution in [0, 0.1) is 0 Å². The van der Waals surface area contributed by atoms with Crippen LogP contribution >= 0.6 is 22.7 Å². The van der Waals surface area contributed by atoms with Crippen molar-refractivity contribution in [2.75, 3.05) is 5.32 Å². The van der Waals surface area contributed by atoms with Gasteiger partial charge in [0.1, 0.15) is 15.5 Å². The molecule has 6 rings (SSSR count). The molecule has 5 nitrogen and oxygen atoms in total. The first kappa shape index (κ1) is 23.5. The van der Waals surface area contributed by atoms with Gasteiger partial charge < -0.3 is 9.84 Å². The number of rotatable bonds is 3. The summed E-state index contributed by atoms with van der Waals surface area (Å²) < 4.78 is 7.41. The number of carbonyl (C=O) groups excluding carboxylic acids is 1. The molecule has 0 unspecified atom stereocenters. The van der Waals surface area contributed by atoms with Gasteiger partial charge in [-0.1, -0.05) is 60.7 Å². The first-order valence-electron chi connectivity index (χ1n) is 11.8.